The Hall–Kier alpha value is -1.21. The van der Waals surface area contributed by atoms with Gasteiger partial charge in [-0.15, -0.1) is 34.0 Å². The summed E-state index contributed by atoms with van der Waals surface area (Å²) in [5.74, 6) is -0.814. The highest BCUT2D eigenvalue weighted by atomic mass is 35.5. The second-order valence-electron chi connectivity index (χ2n) is 3.98. The van der Waals surface area contributed by atoms with Gasteiger partial charge in [-0.1, -0.05) is 11.6 Å². The van der Waals surface area contributed by atoms with Gasteiger partial charge in [0.2, 0.25) is 0 Å². The Kier molecular flexibility index (Phi) is 3.89. The number of carboxylic acid groups (broad SMARTS) is 1. The monoisotopic (exact) mass is 341 g/mol. The number of carbonyl (C=O) groups is 1. The molecule has 0 saturated carbocycles. The lowest BCUT2D eigenvalue weighted by Gasteiger charge is -1.90. The first-order valence-electron chi connectivity index (χ1n) is 5.64. The topological polar surface area (TPSA) is 50.2 Å². The Bertz CT molecular complexity index is 759. The summed E-state index contributed by atoms with van der Waals surface area (Å²) in [7, 11) is 0. The first kappa shape index (κ1) is 13.8. The minimum Gasteiger partial charge on any atom is -0.481 e. The van der Waals surface area contributed by atoms with E-state index in [0.717, 1.165) is 29.7 Å². The van der Waals surface area contributed by atoms with Gasteiger partial charge in [0.25, 0.3) is 0 Å². The van der Waals surface area contributed by atoms with Crippen molar-refractivity contribution in [1.82, 2.24) is 4.98 Å². The smallest absolute Gasteiger partial charge is 0.308 e. The normalized spacial score (nSPS) is 10.8. The third-order valence-electron chi connectivity index (χ3n) is 2.53. The average Bonchev–Trinajstić information content (AvgIpc) is 3.06. The molecule has 0 atom stereocenters. The van der Waals surface area contributed by atoms with E-state index in [1.165, 1.54) is 22.7 Å². The molecule has 0 aliphatic heterocycles. The van der Waals surface area contributed by atoms with Crippen molar-refractivity contribution < 1.29 is 9.90 Å². The predicted octanol–water partition coefficient (Wildman–Crippen LogP) is 4.88. The second kappa shape index (κ2) is 5.65. The summed E-state index contributed by atoms with van der Waals surface area (Å²) < 4.78 is 0.747. The number of halogens is 1. The first-order chi connectivity index (χ1) is 9.61. The van der Waals surface area contributed by atoms with E-state index in [4.69, 9.17) is 16.7 Å². The molecule has 7 heteroatoms. The van der Waals surface area contributed by atoms with Crippen LogP contribution < -0.4 is 0 Å². The fraction of sp³-hybridized carbons (Fsp3) is 0.0769. The van der Waals surface area contributed by atoms with Crippen molar-refractivity contribution in [2.24, 2.45) is 0 Å². The lowest BCUT2D eigenvalue weighted by Crippen LogP contribution is -1.96. The van der Waals surface area contributed by atoms with E-state index in [0.29, 0.717) is 0 Å². The van der Waals surface area contributed by atoms with Crippen LogP contribution in [0.2, 0.25) is 4.34 Å². The van der Waals surface area contributed by atoms with E-state index < -0.39 is 5.97 Å². The Morgan fingerprint density at radius 1 is 1.20 bits per heavy atom. The third kappa shape index (κ3) is 2.93. The van der Waals surface area contributed by atoms with E-state index in [1.54, 1.807) is 11.3 Å². The number of aromatic nitrogens is 1. The zero-order valence-electron chi connectivity index (χ0n) is 10.00. The van der Waals surface area contributed by atoms with Crippen LogP contribution in [0.3, 0.4) is 0 Å². The van der Waals surface area contributed by atoms with Gasteiger partial charge in [0.05, 0.1) is 26.2 Å². The molecule has 3 nitrogen and oxygen atoms in total. The van der Waals surface area contributed by atoms with Crippen LogP contribution in [0.5, 0.6) is 0 Å². The van der Waals surface area contributed by atoms with E-state index in [2.05, 4.69) is 4.98 Å². The molecular weight excluding hydrogens is 334 g/mol. The van der Waals surface area contributed by atoms with Crippen LogP contribution in [-0.2, 0) is 11.2 Å². The molecule has 3 aromatic heterocycles. The number of thiazole rings is 1. The van der Waals surface area contributed by atoms with Crippen molar-refractivity contribution in [2.75, 3.05) is 0 Å². The molecule has 0 saturated heterocycles. The predicted molar refractivity (Wildman–Crippen MR) is 85.1 cm³/mol. The van der Waals surface area contributed by atoms with Crippen molar-refractivity contribution >= 4 is 51.6 Å². The van der Waals surface area contributed by atoms with Crippen LogP contribution in [0.4, 0.5) is 0 Å². The second-order valence-corrected chi connectivity index (χ2v) is 7.72. The zero-order valence-corrected chi connectivity index (χ0v) is 13.2. The molecule has 0 aliphatic rings. The molecule has 3 aromatic rings. The number of hydrogen-bond acceptors (Lipinski definition) is 5. The molecule has 0 aromatic carbocycles. The minimum atomic E-state index is -0.814. The van der Waals surface area contributed by atoms with Crippen LogP contribution in [-0.4, -0.2) is 16.1 Å². The summed E-state index contributed by atoms with van der Waals surface area (Å²) in [5, 5.41) is 11.7. The van der Waals surface area contributed by atoms with Gasteiger partial charge in [-0.05, 0) is 24.3 Å². The highest BCUT2D eigenvalue weighted by Crippen LogP contribution is 2.36. The molecule has 0 spiro atoms. The molecule has 1 N–H and O–H groups in total. The van der Waals surface area contributed by atoms with Gasteiger partial charge in [0, 0.05) is 10.3 Å². The fourth-order valence-corrected chi connectivity index (χ4v) is 4.66. The minimum absolute atomic E-state index is 0.0577. The lowest BCUT2D eigenvalue weighted by molar-refractivity contribution is -0.136. The van der Waals surface area contributed by atoms with Crippen LogP contribution in [0.1, 0.15) is 4.88 Å². The van der Waals surface area contributed by atoms with Gasteiger partial charge in [0.15, 0.2) is 0 Å². The largest absolute Gasteiger partial charge is 0.481 e. The van der Waals surface area contributed by atoms with Crippen molar-refractivity contribution in [3.05, 3.63) is 38.9 Å². The highest BCUT2D eigenvalue weighted by molar-refractivity contribution is 7.23. The number of thiophene rings is 2. The van der Waals surface area contributed by atoms with Crippen molar-refractivity contribution in [2.45, 2.75) is 6.42 Å². The Labute approximate surface area is 132 Å². The number of hydrogen-bond donors (Lipinski definition) is 1. The molecule has 0 amide bonds. The van der Waals surface area contributed by atoms with Gasteiger partial charge >= 0.3 is 5.97 Å². The van der Waals surface area contributed by atoms with Gasteiger partial charge in [-0.25, -0.2) is 4.98 Å². The van der Waals surface area contributed by atoms with Crippen molar-refractivity contribution in [1.29, 1.82) is 0 Å². The summed E-state index contributed by atoms with van der Waals surface area (Å²) in [5.41, 5.74) is 0.885. The maximum absolute atomic E-state index is 10.7. The summed E-state index contributed by atoms with van der Waals surface area (Å²) in [6.45, 7) is 0. The summed E-state index contributed by atoms with van der Waals surface area (Å²) in [4.78, 5) is 18.2. The Morgan fingerprint density at radius 2 is 2.00 bits per heavy atom. The van der Waals surface area contributed by atoms with Gasteiger partial charge in [0.1, 0.15) is 5.01 Å². The summed E-state index contributed by atoms with van der Waals surface area (Å²) in [6, 6.07) is 7.58. The number of nitrogens with zero attached hydrogens (tertiary/aromatic N) is 1. The van der Waals surface area contributed by atoms with Gasteiger partial charge < -0.3 is 5.11 Å². The maximum atomic E-state index is 10.7. The van der Waals surface area contributed by atoms with Crippen LogP contribution in [0.25, 0.3) is 20.5 Å². The number of aliphatic carboxylic acids is 1. The van der Waals surface area contributed by atoms with Crippen LogP contribution in [0, 0.1) is 0 Å². The molecule has 102 valence electrons. The first-order valence-corrected chi connectivity index (χ1v) is 8.53. The quantitative estimate of drug-likeness (QED) is 0.735. The summed E-state index contributed by atoms with van der Waals surface area (Å²) in [6.07, 6.45) is 0.0577. The molecule has 0 radical (unpaired) electrons. The molecule has 0 unspecified atom stereocenters. The standard InChI is InChI=1S/C13H8ClNO2S3/c14-11-4-3-10(20-11)13-15-8(6-18-13)9-2-1-7(19-9)5-12(16)17/h1-4,6H,5H2,(H,16,17). The Balaban J connectivity index is 1.86. The maximum Gasteiger partial charge on any atom is 0.308 e. The van der Waals surface area contributed by atoms with Crippen LogP contribution >= 0.6 is 45.6 Å². The lowest BCUT2D eigenvalue weighted by atomic mass is 10.3. The SMILES string of the molecule is O=C(O)Cc1ccc(-c2csc(-c3ccc(Cl)s3)n2)s1. The van der Waals surface area contributed by atoms with E-state index in [9.17, 15) is 4.79 Å². The van der Waals surface area contributed by atoms with E-state index in [-0.39, 0.29) is 6.42 Å². The van der Waals surface area contributed by atoms with E-state index >= 15 is 0 Å². The molecular formula is C13H8ClNO2S3. The fourth-order valence-electron chi connectivity index (χ4n) is 1.69. The number of rotatable bonds is 4. The zero-order chi connectivity index (χ0) is 14.1. The van der Waals surface area contributed by atoms with Crippen LogP contribution in [0.15, 0.2) is 29.6 Å². The van der Waals surface area contributed by atoms with E-state index in [1.807, 2.05) is 29.6 Å². The summed E-state index contributed by atoms with van der Waals surface area (Å²) >= 11 is 10.5. The molecule has 0 aliphatic carbocycles. The Morgan fingerprint density at radius 3 is 2.70 bits per heavy atom. The molecule has 20 heavy (non-hydrogen) atoms. The third-order valence-corrected chi connectivity index (χ3v) is 5.88. The number of carboxylic acids is 1. The van der Waals surface area contributed by atoms with Gasteiger partial charge in [-0.2, -0.15) is 0 Å². The van der Waals surface area contributed by atoms with Crippen molar-refractivity contribution in [3.63, 3.8) is 0 Å². The average molecular weight is 342 g/mol. The molecule has 3 heterocycles. The molecule has 3 rings (SSSR count). The highest BCUT2D eigenvalue weighted by Gasteiger charge is 2.11. The molecule has 0 fully saturated rings. The van der Waals surface area contributed by atoms with Gasteiger partial charge in [-0.3, -0.25) is 4.79 Å². The molecule has 0 bridgehead atoms. The van der Waals surface area contributed by atoms with Crippen molar-refractivity contribution in [3.8, 4) is 20.5 Å².